The van der Waals surface area contributed by atoms with Crippen molar-refractivity contribution in [1.29, 1.82) is 0 Å². The zero-order valence-electron chi connectivity index (χ0n) is 12.2. The Balaban J connectivity index is 1.29. The van der Waals surface area contributed by atoms with Crippen LogP contribution in [0.1, 0.15) is 17.1 Å². The summed E-state index contributed by atoms with van der Waals surface area (Å²) >= 11 is 3.65. The summed E-state index contributed by atoms with van der Waals surface area (Å²) in [6, 6.07) is 6.60. The van der Waals surface area contributed by atoms with Gasteiger partial charge in [-0.25, -0.2) is 0 Å². The molecule has 0 amide bonds. The van der Waals surface area contributed by atoms with E-state index < -0.39 is 0 Å². The number of rotatable bonds is 5. The topological polar surface area (TPSA) is 42.7 Å². The van der Waals surface area contributed by atoms with Gasteiger partial charge in [0, 0.05) is 41.4 Å². The Morgan fingerprint density at radius 1 is 1.36 bits per heavy atom. The van der Waals surface area contributed by atoms with Crippen molar-refractivity contribution < 1.29 is 0 Å². The van der Waals surface area contributed by atoms with Gasteiger partial charge in [-0.05, 0) is 35.2 Å². The van der Waals surface area contributed by atoms with Gasteiger partial charge in [0.25, 0.3) is 0 Å². The van der Waals surface area contributed by atoms with Crippen LogP contribution in [0.4, 0.5) is 0 Å². The fraction of sp³-hybridized carbons (Fsp3) is 0.375. The lowest BCUT2D eigenvalue weighted by Gasteiger charge is -2.23. The second-order valence-electron chi connectivity index (χ2n) is 5.71. The molecule has 4 nitrogen and oxygen atoms in total. The maximum atomic E-state index is 4.14. The molecular weight excluding hydrogens is 312 g/mol. The minimum Gasteiger partial charge on any atom is -0.317 e. The van der Waals surface area contributed by atoms with Crippen LogP contribution in [0.15, 0.2) is 35.3 Å². The van der Waals surface area contributed by atoms with Crippen LogP contribution in [-0.2, 0) is 19.5 Å². The normalized spacial score (nSPS) is 17.5. The van der Waals surface area contributed by atoms with Crippen molar-refractivity contribution in [3.8, 4) is 10.4 Å². The molecule has 0 unspecified atom stereocenters. The highest BCUT2D eigenvalue weighted by atomic mass is 32.1. The molecule has 3 aromatic heterocycles. The van der Waals surface area contributed by atoms with Gasteiger partial charge in [-0.3, -0.25) is 0 Å². The molecule has 0 aromatic carbocycles. The fourth-order valence-electron chi connectivity index (χ4n) is 2.94. The molecule has 0 spiro atoms. The van der Waals surface area contributed by atoms with Crippen LogP contribution < -0.4 is 5.32 Å². The Kier molecular flexibility index (Phi) is 4.05. The summed E-state index contributed by atoms with van der Waals surface area (Å²) in [7, 11) is 0. The monoisotopic (exact) mass is 330 g/mol. The maximum absolute atomic E-state index is 4.14. The van der Waals surface area contributed by atoms with E-state index in [1.165, 1.54) is 21.7 Å². The summed E-state index contributed by atoms with van der Waals surface area (Å²) in [5.74, 6) is 1.82. The van der Waals surface area contributed by atoms with Gasteiger partial charge in [-0.15, -0.1) is 32.9 Å². The number of hydrogen-bond acceptors (Lipinski definition) is 5. The highest BCUT2D eigenvalue weighted by Crippen LogP contribution is 2.29. The molecule has 0 saturated heterocycles. The molecule has 1 N–H and O–H groups in total. The van der Waals surface area contributed by atoms with Gasteiger partial charge in [-0.2, -0.15) is 0 Å². The van der Waals surface area contributed by atoms with Crippen LogP contribution in [0.3, 0.4) is 0 Å². The number of fused-ring (bicyclic) bond motifs is 1. The van der Waals surface area contributed by atoms with Gasteiger partial charge in [-0.1, -0.05) is 6.07 Å². The van der Waals surface area contributed by atoms with Crippen molar-refractivity contribution in [3.63, 3.8) is 0 Å². The third-order valence-corrected chi connectivity index (χ3v) is 5.97. The van der Waals surface area contributed by atoms with E-state index in [4.69, 9.17) is 0 Å². The van der Waals surface area contributed by atoms with E-state index in [2.05, 4.69) is 49.0 Å². The van der Waals surface area contributed by atoms with Crippen LogP contribution >= 0.6 is 22.7 Å². The molecule has 3 aromatic rings. The van der Waals surface area contributed by atoms with E-state index >= 15 is 0 Å². The maximum Gasteiger partial charge on any atom is 0.132 e. The average molecular weight is 330 g/mol. The Morgan fingerprint density at radius 3 is 3.27 bits per heavy atom. The third-order valence-electron chi connectivity index (χ3n) is 4.12. The number of aryl methyl sites for hydroxylation is 1. The predicted molar refractivity (Wildman–Crippen MR) is 91.2 cm³/mol. The molecule has 0 bridgehead atoms. The standard InChI is InChI=1S/C16H18N4S2/c1-2-15(21-5-1)13-6-14(22-10-13)8-17-7-12-3-4-16-19-18-11-20(16)9-12/h1-2,5-6,10-12,17H,3-4,7-9H2/t12-/m0/s1. The van der Waals surface area contributed by atoms with Crippen molar-refractivity contribution in [2.45, 2.75) is 25.9 Å². The minimum atomic E-state index is 0.681. The van der Waals surface area contributed by atoms with Gasteiger partial charge in [0.05, 0.1) is 0 Å². The van der Waals surface area contributed by atoms with Crippen LogP contribution in [0.25, 0.3) is 10.4 Å². The molecule has 1 aliphatic heterocycles. The van der Waals surface area contributed by atoms with Gasteiger partial charge in [0.15, 0.2) is 0 Å². The Hall–Kier alpha value is -1.50. The zero-order valence-corrected chi connectivity index (χ0v) is 13.9. The molecule has 6 heteroatoms. The summed E-state index contributed by atoms with van der Waals surface area (Å²) in [6.07, 6.45) is 4.11. The second-order valence-corrected chi connectivity index (χ2v) is 7.66. The fourth-order valence-corrected chi connectivity index (χ4v) is 4.58. The molecule has 1 atom stereocenters. The molecule has 22 heavy (non-hydrogen) atoms. The molecule has 0 fully saturated rings. The summed E-state index contributed by atoms with van der Waals surface area (Å²) in [5.41, 5.74) is 1.35. The number of thiophene rings is 2. The molecule has 0 aliphatic carbocycles. The number of nitrogens with zero attached hydrogens (tertiary/aromatic N) is 3. The molecule has 114 valence electrons. The van der Waals surface area contributed by atoms with Crippen LogP contribution in [0.5, 0.6) is 0 Å². The summed E-state index contributed by atoms with van der Waals surface area (Å²) in [5, 5.41) is 16.1. The van der Waals surface area contributed by atoms with Crippen molar-refractivity contribution in [1.82, 2.24) is 20.1 Å². The quantitative estimate of drug-likeness (QED) is 0.779. The van der Waals surface area contributed by atoms with Crippen LogP contribution in [-0.4, -0.2) is 21.3 Å². The molecule has 0 radical (unpaired) electrons. The SMILES string of the molecule is c1csc(-c2csc(CNC[C@@H]3CCc4nncn4C3)c2)c1. The van der Waals surface area contributed by atoms with E-state index in [0.717, 1.165) is 31.9 Å². The van der Waals surface area contributed by atoms with Crippen molar-refractivity contribution in [2.75, 3.05) is 6.54 Å². The number of nitrogens with one attached hydrogen (secondary N) is 1. The lowest BCUT2D eigenvalue weighted by atomic mass is 9.99. The first kappa shape index (κ1) is 14.1. The molecule has 4 heterocycles. The summed E-state index contributed by atoms with van der Waals surface area (Å²) in [4.78, 5) is 2.76. The van der Waals surface area contributed by atoms with Gasteiger partial charge >= 0.3 is 0 Å². The zero-order chi connectivity index (χ0) is 14.8. The Bertz CT molecular complexity index is 729. The molecule has 1 aliphatic rings. The van der Waals surface area contributed by atoms with Crippen LogP contribution in [0.2, 0.25) is 0 Å². The lowest BCUT2D eigenvalue weighted by molar-refractivity contribution is 0.348. The predicted octanol–water partition coefficient (Wildman–Crippen LogP) is 3.42. The van der Waals surface area contributed by atoms with Gasteiger partial charge < -0.3 is 9.88 Å². The summed E-state index contributed by atoms with van der Waals surface area (Å²) in [6.45, 7) is 3.06. The minimum absolute atomic E-state index is 0.681. The van der Waals surface area contributed by atoms with E-state index in [1.54, 1.807) is 11.3 Å². The second kappa shape index (κ2) is 6.32. The Labute approximate surface area is 137 Å². The molecular formula is C16H18N4S2. The largest absolute Gasteiger partial charge is 0.317 e. The van der Waals surface area contributed by atoms with Gasteiger partial charge in [0.1, 0.15) is 12.2 Å². The van der Waals surface area contributed by atoms with E-state index in [1.807, 2.05) is 17.7 Å². The third kappa shape index (κ3) is 2.99. The molecule has 4 rings (SSSR count). The number of aromatic nitrogens is 3. The highest BCUT2D eigenvalue weighted by molar-refractivity contribution is 7.14. The Morgan fingerprint density at radius 2 is 2.36 bits per heavy atom. The highest BCUT2D eigenvalue weighted by Gasteiger charge is 2.18. The lowest BCUT2D eigenvalue weighted by Crippen LogP contribution is -2.29. The van der Waals surface area contributed by atoms with Gasteiger partial charge in [0.2, 0.25) is 0 Å². The van der Waals surface area contributed by atoms with E-state index in [9.17, 15) is 0 Å². The smallest absolute Gasteiger partial charge is 0.132 e. The number of hydrogen-bond donors (Lipinski definition) is 1. The molecule has 0 saturated carbocycles. The van der Waals surface area contributed by atoms with E-state index in [0.29, 0.717) is 5.92 Å². The first-order chi connectivity index (χ1) is 10.9. The van der Waals surface area contributed by atoms with E-state index in [-0.39, 0.29) is 0 Å². The van der Waals surface area contributed by atoms with Crippen molar-refractivity contribution in [3.05, 3.63) is 46.0 Å². The van der Waals surface area contributed by atoms with Crippen molar-refractivity contribution in [2.24, 2.45) is 5.92 Å². The van der Waals surface area contributed by atoms with Crippen molar-refractivity contribution >= 4 is 22.7 Å². The first-order valence-corrected chi connectivity index (χ1v) is 9.33. The van der Waals surface area contributed by atoms with Crippen LogP contribution in [0, 0.1) is 5.92 Å². The average Bonchev–Trinajstić information content (AvgIpc) is 3.28. The summed E-state index contributed by atoms with van der Waals surface area (Å²) < 4.78 is 2.19. The first-order valence-electron chi connectivity index (χ1n) is 7.57.